The standard InChI is InChI=1S/C12H13F3N2/c1-4-17(5-2)9-6-7-11(16-3)10(8-9)12(13,14)15/h6-8H,4-5H2,1-2H3. The quantitative estimate of drug-likeness (QED) is 0.724. The molecule has 0 amide bonds. The van der Waals surface area contributed by atoms with Gasteiger partial charge in [-0.1, -0.05) is 6.07 Å². The molecule has 0 spiro atoms. The van der Waals surface area contributed by atoms with Crippen LogP contribution in [0.5, 0.6) is 0 Å². The Morgan fingerprint density at radius 1 is 1.24 bits per heavy atom. The number of benzene rings is 1. The molecule has 1 rings (SSSR count). The normalized spacial score (nSPS) is 11.1. The first-order valence-corrected chi connectivity index (χ1v) is 5.27. The molecule has 0 fully saturated rings. The van der Waals surface area contributed by atoms with E-state index in [1.165, 1.54) is 6.07 Å². The van der Waals surface area contributed by atoms with Crippen molar-refractivity contribution in [2.24, 2.45) is 0 Å². The predicted octanol–water partition coefficient (Wildman–Crippen LogP) is 4.10. The molecular formula is C12H13F3N2. The molecule has 17 heavy (non-hydrogen) atoms. The summed E-state index contributed by atoms with van der Waals surface area (Å²) in [4.78, 5) is 4.71. The highest BCUT2D eigenvalue weighted by molar-refractivity contribution is 5.62. The Morgan fingerprint density at radius 2 is 1.82 bits per heavy atom. The summed E-state index contributed by atoms with van der Waals surface area (Å²) < 4.78 is 38.2. The summed E-state index contributed by atoms with van der Waals surface area (Å²) in [6, 6.07) is 3.82. The maximum atomic E-state index is 12.7. The Balaban J connectivity index is 3.28. The second kappa shape index (κ2) is 5.09. The lowest BCUT2D eigenvalue weighted by molar-refractivity contribution is -0.136. The van der Waals surface area contributed by atoms with E-state index in [2.05, 4.69) is 4.85 Å². The van der Waals surface area contributed by atoms with E-state index in [4.69, 9.17) is 6.57 Å². The highest BCUT2D eigenvalue weighted by Gasteiger charge is 2.33. The van der Waals surface area contributed by atoms with Crippen LogP contribution in [0.15, 0.2) is 18.2 Å². The van der Waals surface area contributed by atoms with Crippen molar-refractivity contribution in [2.75, 3.05) is 18.0 Å². The minimum absolute atomic E-state index is 0.353. The summed E-state index contributed by atoms with van der Waals surface area (Å²) in [5.74, 6) is 0. The minimum atomic E-state index is -4.48. The SMILES string of the molecule is [C-]#[N+]c1ccc(N(CC)CC)cc1C(F)(F)F. The van der Waals surface area contributed by atoms with Crippen LogP contribution in [-0.2, 0) is 6.18 Å². The molecule has 0 aliphatic heterocycles. The summed E-state index contributed by atoms with van der Waals surface area (Å²) >= 11 is 0. The van der Waals surface area contributed by atoms with E-state index in [1.807, 2.05) is 18.7 Å². The molecule has 0 saturated heterocycles. The monoisotopic (exact) mass is 242 g/mol. The zero-order chi connectivity index (χ0) is 13.1. The molecule has 1 aromatic rings. The zero-order valence-corrected chi connectivity index (χ0v) is 9.67. The lowest BCUT2D eigenvalue weighted by atomic mass is 10.1. The number of anilines is 1. The van der Waals surface area contributed by atoms with Crippen molar-refractivity contribution in [3.05, 3.63) is 35.2 Å². The maximum absolute atomic E-state index is 12.7. The fourth-order valence-electron chi connectivity index (χ4n) is 1.63. The largest absolute Gasteiger partial charge is 0.407 e. The third kappa shape index (κ3) is 2.90. The summed E-state index contributed by atoms with van der Waals surface area (Å²) in [6.45, 7) is 11.8. The average molecular weight is 242 g/mol. The van der Waals surface area contributed by atoms with Gasteiger partial charge in [0, 0.05) is 18.8 Å². The van der Waals surface area contributed by atoms with E-state index in [-0.39, 0.29) is 5.69 Å². The first-order valence-electron chi connectivity index (χ1n) is 5.27. The van der Waals surface area contributed by atoms with Gasteiger partial charge in [0.15, 0.2) is 5.69 Å². The van der Waals surface area contributed by atoms with Crippen LogP contribution < -0.4 is 4.90 Å². The van der Waals surface area contributed by atoms with Gasteiger partial charge in [0.1, 0.15) is 0 Å². The van der Waals surface area contributed by atoms with Crippen molar-refractivity contribution in [1.29, 1.82) is 0 Å². The van der Waals surface area contributed by atoms with Gasteiger partial charge in [0.2, 0.25) is 0 Å². The van der Waals surface area contributed by atoms with Crippen LogP contribution in [0.3, 0.4) is 0 Å². The number of hydrogen-bond acceptors (Lipinski definition) is 1. The molecule has 0 unspecified atom stereocenters. The van der Waals surface area contributed by atoms with Gasteiger partial charge in [0.05, 0.1) is 12.1 Å². The molecule has 1 aromatic carbocycles. The van der Waals surface area contributed by atoms with Gasteiger partial charge in [-0.15, -0.1) is 0 Å². The molecule has 0 bridgehead atoms. The Bertz CT molecular complexity index is 428. The smallest absolute Gasteiger partial charge is 0.372 e. The molecule has 0 N–H and O–H groups in total. The van der Waals surface area contributed by atoms with E-state index in [9.17, 15) is 13.2 Å². The summed E-state index contributed by atoms with van der Waals surface area (Å²) in [5, 5.41) is 0. The zero-order valence-electron chi connectivity index (χ0n) is 9.67. The molecular weight excluding hydrogens is 229 g/mol. The lowest BCUT2D eigenvalue weighted by Gasteiger charge is -2.22. The first-order chi connectivity index (χ1) is 7.93. The minimum Gasteiger partial charge on any atom is -0.372 e. The summed E-state index contributed by atoms with van der Waals surface area (Å²) in [7, 11) is 0. The molecule has 0 aromatic heterocycles. The van der Waals surface area contributed by atoms with E-state index in [1.54, 1.807) is 6.07 Å². The van der Waals surface area contributed by atoms with Crippen LogP contribution in [0.4, 0.5) is 24.5 Å². The van der Waals surface area contributed by atoms with Gasteiger partial charge in [-0.3, -0.25) is 0 Å². The van der Waals surface area contributed by atoms with Crippen molar-refractivity contribution in [2.45, 2.75) is 20.0 Å². The number of alkyl halides is 3. The number of hydrogen-bond donors (Lipinski definition) is 0. The Morgan fingerprint density at radius 3 is 2.24 bits per heavy atom. The third-order valence-electron chi connectivity index (χ3n) is 2.53. The summed E-state index contributed by atoms with van der Waals surface area (Å²) in [5.41, 5.74) is -0.722. The molecule has 92 valence electrons. The maximum Gasteiger partial charge on any atom is 0.407 e. The topological polar surface area (TPSA) is 7.60 Å². The second-order valence-corrected chi connectivity index (χ2v) is 3.48. The van der Waals surface area contributed by atoms with Gasteiger partial charge in [-0.2, -0.15) is 13.2 Å². The van der Waals surface area contributed by atoms with E-state index in [0.29, 0.717) is 18.8 Å². The lowest BCUT2D eigenvalue weighted by Crippen LogP contribution is -2.22. The van der Waals surface area contributed by atoms with Crippen molar-refractivity contribution in [1.82, 2.24) is 0 Å². The van der Waals surface area contributed by atoms with Crippen molar-refractivity contribution in [3.63, 3.8) is 0 Å². The molecule has 0 aliphatic rings. The molecule has 5 heteroatoms. The van der Waals surface area contributed by atoms with Crippen LogP contribution in [0.25, 0.3) is 4.85 Å². The van der Waals surface area contributed by atoms with Gasteiger partial charge in [0.25, 0.3) is 0 Å². The third-order valence-corrected chi connectivity index (χ3v) is 2.53. The second-order valence-electron chi connectivity index (χ2n) is 3.48. The molecule has 0 heterocycles. The molecule has 2 nitrogen and oxygen atoms in total. The van der Waals surface area contributed by atoms with Crippen LogP contribution in [0.2, 0.25) is 0 Å². The number of halogens is 3. The first kappa shape index (κ1) is 13.4. The van der Waals surface area contributed by atoms with Gasteiger partial charge in [-0.25, -0.2) is 4.85 Å². The Labute approximate surface area is 98.5 Å². The molecule has 0 radical (unpaired) electrons. The Hall–Kier alpha value is -1.70. The molecule has 0 saturated carbocycles. The van der Waals surface area contributed by atoms with Crippen molar-refractivity contribution >= 4 is 11.4 Å². The van der Waals surface area contributed by atoms with E-state index in [0.717, 1.165) is 6.07 Å². The molecule has 0 atom stereocenters. The Kier molecular flexibility index (Phi) is 4.00. The van der Waals surface area contributed by atoms with E-state index >= 15 is 0 Å². The average Bonchev–Trinajstić information content (AvgIpc) is 2.29. The highest BCUT2D eigenvalue weighted by Crippen LogP contribution is 2.38. The summed E-state index contributed by atoms with van der Waals surface area (Å²) in [6.07, 6.45) is -4.48. The van der Waals surface area contributed by atoms with Crippen LogP contribution in [0.1, 0.15) is 19.4 Å². The number of rotatable bonds is 3. The number of nitrogens with zero attached hydrogens (tertiary/aromatic N) is 2. The van der Waals surface area contributed by atoms with Gasteiger partial charge < -0.3 is 4.90 Å². The molecule has 0 aliphatic carbocycles. The fourth-order valence-corrected chi connectivity index (χ4v) is 1.63. The fraction of sp³-hybridized carbons (Fsp3) is 0.417. The van der Waals surface area contributed by atoms with Crippen LogP contribution in [-0.4, -0.2) is 13.1 Å². The van der Waals surface area contributed by atoms with Crippen LogP contribution >= 0.6 is 0 Å². The van der Waals surface area contributed by atoms with Crippen molar-refractivity contribution < 1.29 is 13.2 Å². The highest BCUT2D eigenvalue weighted by atomic mass is 19.4. The van der Waals surface area contributed by atoms with Gasteiger partial charge in [-0.05, 0) is 26.0 Å². The van der Waals surface area contributed by atoms with Crippen LogP contribution in [0, 0.1) is 6.57 Å². The predicted molar refractivity (Wildman–Crippen MR) is 61.3 cm³/mol. The van der Waals surface area contributed by atoms with E-state index < -0.39 is 11.7 Å². The van der Waals surface area contributed by atoms with Gasteiger partial charge >= 0.3 is 6.18 Å². The van der Waals surface area contributed by atoms with Crippen molar-refractivity contribution in [3.8, 4) is 0 Å².